The van der Waals surface area contributed by atoms with Gasteiger partial charge in [-0.15, -0.1) is 11.3 Å². The Morgan fingerprint density at radius 2 is 1.97 bits per heavy atom. The number of rotatable bonds is 6. The Labute approximate surface area is 201 Å². The predicted octanol–water partition coefficient (Wildman–Crippen LogP) is 6.15. The number of pyridine rings is 1. The van der Waals surface area contributed by atoms with E-state index in [1.165, 1.54) is 29.2 Å². The molecule has 0 amide bonds. The van der Waals surface area contributed by atoms with E-state index in [1.54, 1.807) is 30.0 Å². The SMILES string of the molecule is COc1ccc(Cn2c(SCc3c(F)cccc3Cl)nc3c(sc4ncccc43)c2=O)cc1. The van der Waals surface area contributed by atoms with Crippen molar-refractivity contribution < 1.29 is 9.13 Å². The van der Waals surface area contributed by atoms with Gasteiger partial charge in [-0.05, 0) is 42.0 Å². The molecule has 0 unspecified atom stereocenters. The zero-order valence-corrected chi connectivity index (χ0v) is 19.8. The van der Waals surface area contributed by atoms with Crippen molar-refractivity contribution in [3.05, 3.63) is 93.1 Å². The van der Waals surface area contributed by atoms with Crippen molar-refractivity contribution in [2.45, 2.75) is 17.5 Å². The van der Waals surface area contributed by atoms with Gasteiger partial charge in [-0.2, -0.15) is 0 Å². The molecule has 0 aliphatic rings. The van der Waals surface area contributed by atoms with Crippen LogP contribution in [0.25, 0.3) is 20.4 Å². The lowest BCUT2D eigenvalue weighted by Gasteiger charge is -2.13. The highest BCUT2D eigenvalue weighted by atomic mass is 35.5. The quantitative estimate of drug-likeness (QED) is 0.208. The smallest absolute Gasteiger partial charge is 0.272 e. The number of aromatic nitrogens is 3. The van der Waals surface area contributed by atoms with Crippen LogP contribution in [0.1, 0.15) is 11.1 Å². The summed E-state index contributed by atoms with van der Waals surface area (Å²) in [5, 5.41) is 1.67. The molecule has 3 aromatic heterocycles. The number of benzene rings is 2. The monoisotopic (exact) mass is 497 g/mol. The van der Waals surface area contributed by atoms with E-state index in [4.69, 9.17) is 21.3 Å². The molecular weight excluding hydrogens is 481 g/mol. The molecule has 0 bridgehead atoms. The fourth-order valence-corrected chi connectivity index (χ4v) is 5.88. The van der Waals surface area contributed by atoms with Crippen molar-refractivity contribution in [2.24, 2.45) is 0 Å². The van der Waals surface area contributed by atoms with Gasteiger partial charge in [-0.25, -0.2) is 14.4 Å². The number of ether oxygens (including phenoxy) is 1. The van der Waals surface area contributed by atoms with Crippen LogP contribution in [0.5, 0.6) is 5.75 Å². The second-order valence-corrected chi connectivity index (χ2v) is 9.61. The molecule has 33 heavy (non-hydrogen) atoms. The summed E-state index contributed by atoms with van der Waals surface area (Å²) in [6.07, 6.45) is 1.70. The fraction of sp³-hybridized carbons (Fsp3) is 0.125. The first-order valence-electron chi connectivity index (χ1n) is 10.0. The van der Waals surface area contributed by atoms with E-state index in [9.17, 15) is 9.18 Å². The van der Waals surface area contributed by atoms with Crippen LogP contribution >= 0.6 is 34.7 Å². The molecule has 0 aliphatic heterocycles. The number of halogens is 2. The average Bonchev–Trinajstić information content (AvgIpc) is 3.20. The van der Waals surface area contributed by atoms with Crippen LogP contribution in [0.2, 0.25) is 5.02 Å². The first-order valence-corrected chi connectivity index (χ1v) is 12.2. The maximum Gasteiger partial charge on any atom is 0.272 e. The number of hydrogen-bond donors (Lipinski definition) is 0. The Bertz CT molecular complexity index is 1510. The number of thioether (sulfide) groups is 1. The fourth-order valence-electron chi connectivity index (χ4n) is 3.51. The van der Waals surface area contributed by atoms with E-state index < -0.39 is 0 Å². The number of hydrogen-bond acceptors (Lipinski definition) is 6. The molecule has 0 aliphatic carbocycles. The van der Waals surface area contributed by atoms with Gasteiger partial charge >= 0.3 is 0 Å². The van der Waals surface area contributed by atoms with Crippen LogP contribution in [0, 0.1) is 5.82 Å². The van der Waals surface area contributed by atoms with E-state index in [2.05, 4.69) is 4.98 Å². The number of nitrogens with zero attached hydrogens (tertiary/aromatic N) is 3. The first kappa shape index (κ1) is 21.9. The topological polar surface area (TPSA) is 57.0 Å². The van der Waals surface area contributed by atoms with E-state index in [-0.39, 0.29) is 17.1 Å². The third-order valence-corrected chi connectivity index (χ3v) is 7.67. The van der Waals surface area contributed by atoms with Gasteiger partial charge in [0.05, 0.1) is 19.2 Å². The summed E-state index contributed by atoms with van der Waals surface area (Å²) >= 11 is 8.83. The maximum absolute atomic E-state index is 14.4. The summed E-state index contributed by atoms with van der Waals surface area (Å²) in [6, 6.07) is 15.8. The van der Waals surface area contributed by atoms with Crippen molar-refractivity contribution in [3.8, 4) is 5.75 Å². The van der Waals surface area contributed by atoms with E-state index >= 15 is 0 Å². The van der Waals surface area contributed by atoms with Crippen molar-refractivity contribution in [3.63, 3.8) is 0 Å². The van der Waals surface area contributed by atoms with Gasteiger partial charge < -0.3 is 4.74 Å². The Hall–Kier alpha value is -2.94. The highest BCUT2D eigenvalue weighted by Gasteiger charge is 2.18. The van der Waals surface area contributed by atoms with Crippen molar-refractivity contribution in [1.82, 2.24) is 14.5 Å². The second kappa shape index (κ2) is 9.13. The number of methoxy groups -OCH3 is 1. The Kier molecular flexibility index (Phi) is 6.05. The molecule has 166 valence electrons. The van der Waals surface area contributed by atoms with Gasteiger partial charge in [-0.3, -0.25) is 9.36 Å². The van der Waals surface area contributed by atoms with Crippen LogP contribution in [0.15, 0.2) is 70.7 Å². The molecule has 5 nitrogen and oxygen atoms in total. The molecule has 9 heteroatoms. The molecule has 0 spiro atoms. The maximum atomic E-state index is 14.4. The average molecular weight is 498 g/mol. The van der Waals surface area contributed by atoms with Crippen molar-refractivity contribution in [2.75, 3.05) is 7.11 Å². The molecule has 0 atom stereocenters. The lowest BCUT2D eigenvalue weighted by atomic mass is 10.2. The molecule has 0 N–H and O–H groups in total. The third kappa shape index (κ3) is 4.21. The minimum atomic E-state index is -0.384. The highest BCUT2D eigenvalue weighted by molar-refractivity contribution is 7.98. The van der Waals surface area contributed by atoms with Gasteiger partial charge in [0.1, 0.15) is 21.1 Å². The predicted molar refractivity (Wildman–Crippen MR) is 132 cm³/mol. The molecule has 0 fully saturated rings. The highest BCUT2D eigenvalue weighted by Crippen LogP contribution is 2.33. The first-order chi connectivity index (χ1) is 16.0. The van der Waals surface area contributed by atoms with Crippen LogP contribution in [0.3, 0.4) is 0 Å². The zero-order valence-electron chi connectivity index (χ0n) is 17.4. The molecule has 0 saturated heterocycles. The summed E-state index contributed by atoms with van der Waals surface area (Å²) in [4.78, 5) is 23.5. The largest absolute Gasteiger partial charge is 0.497 e. The summed E-state index contributed by atoms with van der Waals surface area (Å²) in [5.41, 5.74) is 1.76. The zero-order chi connectivity index (χ0) is 22.9. The van der Waals surface area contributed by atoms with Crippen LogP contribution in [-0.2, 0) is 12.3 Å². The number of thiophene rings is 1. The van der Waals surface area contributed by atoms with E-state index in [1.807, 2.05) is 36.4 Å². The third-order valence-electron chi connectivity index (χ3n) is 5.22. The number of fused-ring (bicyclic) bond motifs is 3. The lowest BCUT2D eigenvalue weighted by molar-refractivity contribution is 0.414. The minimum absolute atomic E-state index is 0.152. The van der Waals surface area contributed by atoms with Crippen LogP contribution < -0.4 is 10.3 Å². The lowest BCUT2D eigenvalue weighted by Crippen LogP contribution is -2.23. The van der Waals surface area contributed by atoms with Crippen LogP contribution in [-0.4, -0.2) is 21.6 Å². The van der Waals surface area contributed by atoms with E-state index in [0.717, 1.165) is 21.5 Å². The van der Waals surface area contributed by atoms with Gasteiger partial charge in [0, 0.05) is 27.9 Å². The Balaban J connectivity index is 1.62. The van der Waals surface area contributed by atoms with Gasteiger partial charge in [0.2, 0.25) is 0 Å². The second-order valence-electron chi connectivity index (χ2n) is 7.26. The molecule has 0 radical (unpaired) electrons. The summed E-state index contributed by atoms with van der Waals surface area (Å²) in [7, 11) is 1.61. The van der Waals surface area contributed by atoms with Crippen molar-refractivity contribution >= 4 is 55.1 Å². The molecule has 2 aromatic carbocycles. The summed E-state index contributed by atoms with van der Waals surface area (Å²) < 4.78 is 21.8. The van der Waals surface area contributed by atoms with E-state index in [0.29, 0.717) is 32.5 Å². The molecule has 5 rings (SSSR count). The molecular formula is C24H17ClFN3O2S2. The Morgan fingerprint density at radius 3 is 2.73 bits per heavy atom. The van der Waals surface area contributed by atoms with Crippen molar-refractivity contribution in [1.29, 1.82) is 0 Å². The van der Waals surface area contributed by atoms with Gasteiger partial charge in [0.25, 0.3) is 5.56 Å². The standard InChI is InChI=1S/C24H17ClFN3O2S2/c1-31-15-9-7-14(8-10-15)12-29-23(30)21-20(16-4-3-11-27-22(16)33-21)28-24(29)32-13-17-18(25)5-2-6-19(17)26/h2-11H,12-13H2,1H3. The molecule has 5 aromatic rings. The Morgan fingerprint density at radius 1 is 1.15 bits per heavy atom. The summed E-state index contributed by atoms with van der Waals surface area (Å²) in [5.74, 6) is 0.594. The van der Waals surface area contributed by atoms with Crippen LogP contribution in [0.4, 0.5) is 4.39 Å². The molecule has 0 saturated carbocycles. The minimum Gasteiger partial charge on any atom is -0.497 e. The van der Waals surface area contributed by atoms with Gasteiger partial charge in [-0.1, -0.05) is 41.6 Å². The molecule has 3 heterocycles. The summed E-state index contributed by atoms with van der Waals surface area (Å²) in [6.45, 7) is 0.320. The normalized spacial score (nSPS) is 11.4. The van der Waals surface area contributed by atoms with Gasteiger partial charge in [0.15, 0.2) is 5.16 Å².